The van der Waals surface area contributed by atoms with E-state index in [9.17, 15) is 4.79 Å². The van der Waals surface area contributed by atoms with Crippen LogP contribution >= 0.6 is 23.2 Å². The lowest BCUT2D eigenvalue weighted by Crippen LogP contribution is -2.09. The van der Waals surface area contributed by atoms with E-state index in [0.29, 0.717) is 21.5 Å². The number of aryl methyl sites for hydroxylation is 1. The summed E-state index contributed by atoms with van der Waals surface area (Å²) in [5.41, 5.74) is 2.28. The molecule has 2 rings (SSSR count). The first kappa shape index (κ1) is 16.4. The topological polar surface area (TPSA) is 38.3 Å². The molecule has 0 fully saturated rings. The van der Waals surface area contributed by atoms with Gasteiger partial charge in [-0.05, 0) is 42.3 Å². The van der Waals surface area contributed by atoms with Crippen LogP contribution in [0.4, 0.5) is 5.69 Å². The van der Waals surface area contributed by atoms with Crippen LogP contribution in [0, 0.1) is 6.92 Å². The van der Waals surface area contributed by atoms with E-state index >= 15 is 0 Å². The van der Waals surface area contributed by atoms with Crippen molar-refractivity contribution >= 4 is 40.9 Å². The van der Waals surface area contributed by atoms with E-state index in [0.717, 1.165) is 11.1 Å². The Bertz CT molecular complexity index is 727. The van der Waals surface area contributed by atoms with Crippen LogP contribution in [-0.4, -0.2) is 13.0 Å². The summed E-state index contributed by atoms with van der Waals surface area (Å²) in [6, 6.07) is 10.7. The van der Waals surface area contributed by atoms with E-state index in [1.165, 1.54) is 13.2 Å². The molecule has 0 radical (unpaired) electrons. The van der Waals surface area contributed by atoms with Crippen molar-refractivity contribution in [3.05, 3.63) is 63.6 Å². The molecule has 0 saturated heterocycles. The molecule has 0 unspecified atom stereocenters. The Morgan fingerprint density at radius 1 is 1.23 bits per heavy atom. The summed E-state index contributed by atoms with van der Waals surface area (Å²) >= 11 is 11.9. The summed E-state index contributed by atoms with van der Waals surface area (Å²) in [5, 5.41) is 3.98. The van der Waals surface area contributed by atoms with Crippen LogP contribution in [0.5, 0.6) is 5.75 Å². The van der Waals surface area contributed by atoms with E-state index in [1.54, 1.807) is 30.3 Å². The van der Waals surface area contributed by atoms with Gasteiger partial charge in [0.25, 0.3) is 0 Å². The van der Waals surface area contributed by atoms with Crippen molar-refractivity contribution in [1.29, 1.82) is 0 Å². The third kappa shape index (κ3) is 4.26. The molecule has 5 heteroatoms. The predicted molar refractivity (Wildman–Crippen MR) is 91.9 cm³/mol. The highest BCUT2D eigenvalue weighted by Gasteiger charge is 2.08. The van der Waals surface area contributed by atoms with Crippen LogP contribution in [0.15, 0.2) is 42.5 Å². The van der Waals surface area contributed by atoms with Crippen LogP contribution in [0.3, 0.4) is 0 Å². The van der Waals surface area contributed by atoms with Gasteiger partial charge in [-0.25, -0.2) is 0 Å². The fraction of sp³-hybridized carbons (Fsp3) is 0.118. The lowest BCUT2D eigenvalue weighted by Gasteiger charge is -2.11. The quantitative estimate of drug-likeness (QED) is 0.801. The second-order valence-corrected chi connectivity index (χ2v) is 5.52. The maximum absolute atomic E-state index is 12.0. The average Bonchev–Trinajstić information content (AvgIpc) is 2.49. The second kappa shape index (κ2) is 7.34. The Morgan fingerprint density at radius 2 is 2.00 bits per heavy atom. The average molecular weight is 336 g/mol. The number of hydrogen-bond donors (Lipinski definition) is 1. The molecule has 1 N–H and O–H groups in total. The molecule has 0 aliphatic rings. The van der Waals surface area contributed by atoms with Crippen LogP contribution in [0.2, 0.25) is 10.0 Å². The maximum atomic E-state index is 12.0. The van der Waals surface area contributed by atoms with Crippen LogP contribution < -0.4 is 10.1 Å². The van der Waals surface area contributed by atoms with Crippen molar-refractivity contribution in [3.63, 3.8) is 0 Å². The van der Waals surface area contributed by atoms with Crippen molar-refractivity contribution in [2.45, 2.75) is 6.92 Å². The highest BCUT2D eigenvalue weighted by atomic mass is 35.5. The molecule has 0 heterocycles. The zero-order chi connectivity index (χ0) is 16.1. The molecule has 0 aliphatic heterocycles. The standard InChI is InChI=1S/C17H15Cl2NO2/c1-11-8-15(16(22-2)10-14(11)19)20-17(21)7-6-12-4-3-5-13(18)9-12/h3-10H,1-2H3,(H,20,21). The van der Waals surface area contributed by atoms with E-state index in [1.807, 2.05) is 19.1 Å². The molecule has 0 saturated carbocycles. The molecule has 22 heavy (non-hydrogen) atoms. The van der Waals surface area contributed by atoms with Gasteiger partial charge in [0.1, 0.15) is 5.75 Å². The maximum Gasteiger partial charge on any atom is 0.248 e. The molecule has 2 aromatic carbocycles. The Balaban J connectivity index is 2.14. The smallest absolute Gasteiger partial charge is 0.248 e. The first-order valence-corrected chi connectivity index (χ1v) is 7.34. The van der Waals surface area contributed by atoms with Gasteiger partial charge in [0, 0.05) is 22.2 Å². The van der Waals surface area contributed by atoms with Gasteiger partial charge in [-0.1, -0.05) is 35.3 Å². The van der Waals surface area contributed by atoms with Crippen LogP contribution in [0.25, 0.3) is 6.08 Å². The molecular formula is C17H15Cl2NO2. The Hall–Kier alpha value is -1.97. The minimum Gasteiger partial charge on any atom is -0.495 e. The van der Waals surface area contributed by atoms with Gasteiger partial charge in [-0.3, -0.25) is 4.79 Å². The van der Waals surface area contributed by atoms with Gasteiger partial charge < -0.3 is 10.1 Å². The summed E-state index contributed by atoms with van der Waals surface area (Å²) < 4.78 is 5.22. The number of halogens is 2. The third-order valence-electron chi connectivity index (χ3n) is 3.01. The lowest BCUT2D eigenvalue weighted by molar-refractivity contribution is -0.111. The number of carbonyl (C=O) groups excluding carboxylic acids is 1. The van der Waals surface area contributed by atoms with Gasteiger partial charge in [0.15, 0.2) is 0 Å². The van der Waals surface area contributed by atoms with Gasteiger partial charge >= 0.3 is 0 Å². The number of rotatable bonds is 4. The summed E-state index contributed by atoms with van der Waals surface area (Å²) in [7, 11) is 1.53. The van der Waals surface area contributed by atoms with Crippen LogP contribution in [0.1, 0.15) is 11.1 Å². The minimum atomic E-state index is -0.264. The summed E-state index contributed by atoms with van der Waals surface area (Å²) in [5.74, 6) is 0.250. The SMILES string of the molecule is COc1cc(Cl)c(C)cc1NC(=O)C=Cc1cccc(Cl)c1. The molecule has 0 aromatic heterocycles. The highest BCUT2D eigenvalue weighted by molar-refractivity contribution is 6.31. The van der Waals surface area contributed by atoms with Crippen molar-refractivity contribution < 1.29 is 9.53 Å². The third-order valence-corrected chi connectivity index (χ3v) is 3.66. The van der Waals surface area contributed by atoms with Crippen molar-refractivity contribution in [2.24, 2.45) is 0 Å². The number of carbonyl (C=O) groups is 1. The van der Waals surface area contributed by atoms with Gasteiger partial charge in [0.2, 0.25) is 5.91 Å². The summed E-state index contributed by atoms with van der Waals surface area (Å²) in [4.78, 5) is 12.0. The number of methoxy groups -OCH3 is 1. The molecule has 114 valence electrons. The minimum absolute atomic E-state index is 0.264. The Labute approximate surface area is 139 Å². The fourth-order valence-corrected chi connectivity index (χ4v) is 2.24. The molecule has 2 aromatic rings. The van der Waals surface area contributed by atoms with Crippen molar-refractivity contribution in [3.8, 4) is 5.75 Å². The fourth-order valence-electron chi connectivity index (χ4n) is 1.89. The van der Waals surface area contributed by atoms with E-state index in [-0.39, 0.29) is 5.91 Å². The van der Waals surface area contributed by atoms with E-state index in [4.69, 9.17) is 27.9 Å². The highest BCUT2D eigenvalue weighted by Crippen LogP contribution is 2.30. The molecular weight excluding hydrogens is 321 g/mol. The number of ether oxygens (including phenoxy) is 1. The normalized spacial score (nSPS) is 10.7. The zero-order valence-electron chi connectivity index (χ0n) is 12.2. The monoisotopic (exact) mass is 335 g/mol. The first-order valence-electron chi connectivity index (χ1n) is 6.58. The number of amides is 1. The number of benzene rings is 2. The largest absolute Gasteiger partial charge is 0.495 e. The first-order chi connectivity index (χ1) is 10.5. The molecule has 0 bridgehead atoms. The number of hydrogen-bond acceptors (Lipinski definition) is 2. The van der Waals surface area contributed by atoms with Gasteiger partial charge in [0.05, 0.1) is 12.8 Å². The molecule has 0 aliphatic carbocycles. The van der Waals surface area contributed by atoms with E-state index < -0.39 is 0 Å². The van der Waals surface area contributed by atoms with Crippen molar-refractivity contribution in [1.82, 2.24) is 0 Å². The molecule has 0 spiro atoms. The van der Waals surface area contributed by atoms with Gasteiger partial charge in [-0.2, -0.15) is 0 Å². The number of anilines is 1. The van der Waals surface area contributed by atoms with Crippen LogP contribution in [-0.2, 0) is 4.79 Å². The molecule has 0 atom stereocenters. The zero-order valence-corrected chi connectivity index (χ0v) is 13.7. The lowest BCUT2D eigenvalue weighted by atomic mass is 10.2. The summed E-state index contributed by atoms with van der Waals surface area (Å²) in [6.07, 6.45) is 3.13. The van der Waals surface area contributed by atoms with Gasteiger partial charge in [-0.15, -0.1) is 0 Å². The molecule has 3 nitrogen and oxygen atoms in total. The number of nitrogens with one attached hydrogen (secondary N) is 1. The summed E-state index contributed by atoms with van der Waals surface area (Å²) in [6.45, 7) is 1.86. The molecule has 1 amide bonds. The Morgan fingerprint density at radius 3 is 2.68 bits per heavy atom. The predicted octanol–water partition coefficient (Wildman–Crippen LogP) is 4.96. The van der Waals surface area contributed by atoms with E-state index in [2.05, 4.69) is 5.32 Å². The Kier molecular flexibility index (Phi) is 5.47. The van der Waals surface area contributed by atoms with Crippen molar-refractivity contribution in [2.75, 3.05) is 12.4 Å². The second-order valence-electron chi connectivity index (χ2n) is 4.68.